The largest absolute Gasteiger partial charge is 0.508 e. The molecule has 0 aromatic rings. The van der Waals surface area contributed by atoms with Crippen LogP contribution in [0.5, 0.6) is 0 Å². The Kier molecular flexibility index (Phi) is 10.4. The molecule has 1 aliphatic rings. The van der Waals surface area contributed by atoms with Crippen molar-refractivity contribution in [2.45, 2.75) is 98.0 Å². The Morgan fingerprint density at radius 2 is 1.70 bits per heavy atom. The third kappa shape index (κ3) is 8.62. The summed E-state index contributed by atoms with van der Waals surface area (Å²) in [5, 5.41) is 0. The zero-order chi connectivity index (χ0) is 17.1. The van der Waals surface area contributed by atoms with Crippen molar-refractivity contribution in [3.8, 4) is 0 Å². The van der Waals surface area contributed by atoms with Crippen LogP contribution in [0.2, 0.25) is 0 Å². The van der Waals surface area contributed by atoms with Gasteiger partial charge in [0.15, 0.2) is 0 Å². The molecule has 23 heavy (non-hydrogen) atoms. The second-order valence-corrected chi connectivity index (χ2v) is 7.67. The van der Waals surface area contributed by atoms with Crippen LogP contribution in [0, 0.1) is 17.8 Å². The van der Waals surface area contributed by atoms with E-state index in [1.54, 1.807) is 0 Å². The van der Waals surface area contributed by atoms with Crippen LogP contribution in [0.25, 0.3) is 0 Å². The lowest BCUT2D eigenvalue weighted by molar-refractivity contribution is -0.0239. The molecule has 0 spiro atoms. The average molecular weight is 327 g/mol. The maximum atomic E-state index is 11.9. The fourth-order valence-corrected chi connectivity index (χ4v) is 3.45. The Balaban J connectivity index is 2.10. The number of unbranched alkanes of at least 4 members (excludes halogenated alkanes) is 6. The monoisotopic (exact) mass is 326 g/mol. The molecule has 1 rings (SSSR count). The van der Waals surface area contributed by atoms with Gasteiger partial charge in [-0.2, -0.15) is 0 Å². The normalized spacial score (nSPS) is 24.7. The van der Waals surface area contributed by atoms with Crippen LogP contribution in [0.1, 0.15) is 91.9 Å². The smallest absolute Gasteiger partial charge is 0.434 e. The lowest BCUT2D eigenvalue weighted by Gasteiger charge is -2.35. The van der Waals surface area contributed by atoms with Gasteiger partial charge in [0.2, 0.25) is 0 Å². The van der Waals surface area contributed by atoms with Gasteiger partial charge in [0, 0.05) is 0 Å². The molecule has 0 heterocycles. The molecule has 3 atom stereocenters. The molecule has 0 aliphatic heterocycles. The van der Waals surface area contributed by atoms with Gasteiger partial charge in [-0.05, 0) is 43.4 Å². The van der Waals surface area contributed by atoms with Crippen molar-refractivity contribution in [2.75, 3.05) is 6.61 Å². The minimum absolute atomic E-state index is 0.0395. The molecule has 3 heteroatoms. The molecular formula is C20H38O3. The van der Waals surface area contributed by atoms with Gasteiger partial charge in [-0.1, -0.05) is 66.2 Å². The summed E-state index contributed by atoms with van der Waals surface area (Å²) in [6, 6.07) is 0. The van der Waals surface area contributed by atoms with E-state index in [1.165, 1.54) is 38.5 Å². The van der Waals surface area contributed by atoms with Crippen LogP contribution in [-0.4, -0.2) is 18.9 Å². The van der Waals surface area contributed by atoms with Crippen molar-refractivity contribution in [3.05, 3.63) is 0 Å². The number of hydrogen-bond donors (Lipinski definition) is 0. The van der Waals surface area contributed by atoms with Crippen molar-refractivity contribution in [2.24, 2.45) is 17.8 Å². The maximum absolute atomic E-state index is 11.9. The standard InChI is InChI=1S/C20H38O3/c1-5-6-7-8-9-10-11-14-22-20(21)23-19-15-18(16(2)3)13-12-17(19)4/h16-19H,5-15H2,1-4H3. The number of rotatable bonds is 10. The highest BCUT2D eigenvalue weighted by Crippen LogP contribution is 2.35. The predicted octanol–water partition coefficient (Wildman–Crippen LogP) is 6.35. The van der Waals surface area contributed by atoms with Crippen LogP contribution in [0.3, 0.4) is 0 Å². The van der Waals surface area contributed by atoms with Gasteiger partial charge in [0.25, 0.3) is 0 Å². The first-order valence-electron chi connectivity index (χ1n) is 9.88. The van der Waals surface area contributed by atoms with Crippen molar-refractivity contribution >= 4 is 6.16 Å². The Hall–Kier alpha value is -0.730. The zero-order valence-electron chi connectivity index (χ0n) is 15.8. The number of carbonyl (C=O) groups excluding carboxylic acids is 1. The summed E-state index contributed by atoms with van der Waals surface area (Å²) in [6.07, 6.45) is 11.6. The van der Waals surface area contributed by atoms with Gasteiger partial charge < -0.3 is 9.47 Å². The Morgan fingerprint density at radius 1 is 1.04 bits per heavy atom. The third-order valence-corrected chi connectivity index (χ3v) is 5.32. The molecule has 0 aromatic heterocycles. The van der Waals surface area contributed by atoms with Crippen molar-refractivity contribution in [1.29, 1.82) is 0 Å². The third-order valence-electron chi connectivity index (χ3n) is 5.32. The highest BCUT2D eigenvalue weighted by molar-refractivity contribution is 5.60. The van der Waals surface area contributed by atoms with E-state index in [-0.39, 0.29) is 6.10 Å². The van der Waals surface area contributed by atoms with Crippen LogP contribution >= 0.6 is 0 Å². The van der Waals surface area contributed by atoms with Crippen molar-refractivity contribution < 1.29 is 14.3 Å². The lowest BCUT2D eigenvalue weighted by Crippen LogP contribution is -2.34. The molecule has 0 bridgehead atoms. The fraction of sp³-hybridized carbons (Fsp3) is 0.950. The van der Waals surface area contributed by atoms with Crippen LogP contribution in [-0.2, 0) is 9.47 Å². The molecule has 1 fully saturated rings. The topological polar surface area (TPSA) is 35.5 Å². The molecule has 0 saturated heterocycles. The second-order valence-electron chi connectivity index (χ2n) is 7.67. The SMILES string of the molecule is CCCCCCCCCOC(=O)OC1CC(C(C)C)CCC1C. The Bertz CT molecular complexity index is 314. The van der Waals surface area contributed by atoms with E-state index in [0.717, 1.165) is 25.7 Å². The zero-order valence-corrected chi connectivity index (χ0v) is 15.8. The van der Waals surface area contributed by atoms with Gasteiger partial charge in [0.1, 0.15) is 6.10 Å². The molecule has 3 unspecified atom stereocenters. The Labute approximate surface area is 143 Å². The molecule has 0 amide bonds. The van der Waals surface area contributed by atoms with Crippen LogP contribution in [0.15, 0.2) is 0 Å². The average Bonchev–Trinajstić information content (AvgIpc) is 2.52. The van der Waals surface area contributed by atoms with E-state index >= 15 is 0 Å². The predicted molar refractivity (Wildman–Crippen MR) is 95.6 cm³/mol. The minimum Gasteiger partial charge on any atom is -0.434 e. The number of carbonyl (C=O) groups is 1. The van der Waals surface area contributed by atoms with Gasteiger partial charge in [-0.3, -0.25) is 0 Å². The van der Waals surface area contributed by atoms with Crippen molar-refractivity contribution in [1.82, 2.24) is 0 Å². The summed E-state index contributed by atoms with van der Waals surface area (Å²) in [6.45, 7) is 9.44. The van der Waals surface area contributed by atoms with E-state index in [2.05, 4.69) is 27.7 Å². The molecule has 1 aliphatic carbocycles. The maximum Gasteiger partial charge on any atom is 0.508 e. The lowest BCUT2D eigenvalue weighted by atomic mass is 9.76. The second kappa shape index (κ2) is 11.8. The first-order chi connectivity index (χ1) is 11.0. The first kappa shape index (κ1) is 20.3. The summed E-state index contributed by atoms with van der Waals surface area (Å²) in [5.74, 6) is 1.79. The number of ether oxygens (including phenoxy) is 2. The first-order valence-corrected chi connectivity index (χ1v) is 9.88. The van der Waals surface area contributed by atoms with Crippen LogP contribution < -0.4 is 0 Å². The van der Waals surface area contributed by atoms with Crippen LogP contribution in [0.4, 0.5) is 4.79 Å². The molecular weight excluding hydrogens is 288 g/mol. The Morgan fingerprint density at radius 3 is 2.35 bits per heavy atom. The van der Waals surface area contributed by atoms with E-state index in [9.17, 15) is 4.79 Å². The molecule has 136 valence electrons. The van der Waals surface area contributed by atoms with E-state index < -0.39 is 6.16 Å². The van der Waals surface area contributed by atoms with Gasteiger partial charge in [-0.15, -0.1) is 0 Å². The van der Waals surface area contributed by atoms with Gasteiger partial charge >= 0.3 is 6.16 Å². The molecule has 0 N–H and O–H groups in total. The van der Waals surface area contributed by atoms with Gasteiger partial charge in [0.05, 0.1) is 6.61 Å². The van der Waals surface area contributed by atoms with Gasteiger partial charge in [-0.25, -0.2) is 4.79 Å². The summed E-state index contributed by atoms with van der Waals surface area (Å²) in [4.78, 5) is 11.9. The molecule has 1 saturated carbocycles. The fourth-order valence-electron chi connectivity index (χ4n) is 3.45. The number of hydrogen-bond acceptors (Lipinski definition) is 3. The van der Waals surface area contributed by atoms with E-state index in [1.807, 2.05) is 0 Å². The molecule has 0 aromatic carbocycles. The summed E-state index contributed by atoms with van der Waals surface area (Å²) in [7, 11) is 0. The van der Waals surface area contributed by atoms with Crippen molar-refractivity contribution in [3.63, 3.8) is 0 Å². The minimum atomic E-state index is -0.461. The van der Waals surface area contributed by atoms with E-state index in [4.69, 9.17) is 9.47 Å². The molecule has 0 radical (unpaired) electrons. The summed E-state index contributed by atoms with van der Waals surface area (Å²) in [5.41, 5.74) is 0. The highest BCUT2D eigenvalue weighted by Gasteiger charge is 2.32. The summed E-state index contributed by atoms with van der Waals surface area (Å²) >= 11 is 0. The quantitative estimate of drug-likeness (QED) is 0.346. The highest BCUT2D eigenvalue weighted by atomic mass is 16.7. The summed E-state index contributed by atoms with van der Waals surface area (Å²) < 4.78 is 10.8. The van der Waals surface area contributed by atoms with E-state index in [0.29, 0.717) is 24.4 Å². The molecule has 3 nitrogen and oxygen atoms in total.